The van der Waals surface area contributed by atoms with Gasteiger partial charge >= 0.3 is 0 Å². The predicted octanol–water partition coefficient (Wildman–Crippen LogP) is 4.94. The van der Waals surface area contributed by atoms with Gasteiger partial charge in [-0.1, -0.05) is 29.5 Å². The van der Waals surface area contributed by atoms with E-state index in [1.165, 1.54) is 24.8 Å². The van der Waals surface area contributed by atoms with E-state index < -0.39 is 5.82 Å². The molecule has 1 aliphatic rings. The third kappa shape index (κ3) is 5.19. The van der Waals surface area contributed by atoms with Crippen LogP contribution in [0.5, 0.6) is 5.75 Å². The highest BCUT2D eigenvalue weighted by Gasteiger charge is 2.28. The van der Waals surface area contributed by atoms with E-state index in [4.69, 9.17) is 4.74 Å². The number of hydrogen-bond donors (Lipinski definition) is 1. The standard InChI is InChI=1S/C24H25FN4O2S/c1-16-5-8-19(9-6-16)32-24-22(26-11-12-27-24)29-13-3-4-17(15-29)23(30)28-18-7-10-21(31-2)20(25)14-18/h5-12,14,17H,3-4,13,15H2,1-2H3,(H,28,30)/t17-/m0/s1. The van der Waals surface area contributed by atoms with Gasteiger partial charge in [-0.15, -0.1) is 0 Å². The number of rotatable bonds is 6. The average molecular weight is 453 g/mol. The Kier molecular flexibility index (Phi) is 6.90. The zero-order valence-corrected chi connectivity index (χ0v) is 18.9. The molecule has 1 saturated heterocycles. The quantitative estimate of drug-likeness (QED) is 0.572. The Morgan fingerprint density at radius 3 is 2.72 bits per heavy atom. The lowest BCUT2D eigenvalue weighted by Gasteiger charge is -2.33. The highest BCUT2D eigenvalue weighted by atomic mass is 32.2. The first-order valence-corrected chi connectivity index (χ1v) is 11.3. The fourth-order valence-electron chi connectivity index (χ4n) is 3.70. The van der Waals surface area contributed by atoms with Crippen molar-refractivity contribution in [2.45, 2.75) is 29.7 Å². The van der Waals surface area contributed by atoms with Gasteiger partial charge in [0, 0.05) is 42.1 Å². The largest absolute Gasteiger partial charge is 0.494 e. The lowest BCUT2D eigenvalue weighted by atomic mass is 9.97. The van der Waals surface area contributed by atoms with Crippen LogP contribution in [-0.4, -0.2) is 36.1 Å². The first-order chi connectivity index (χ1) is 15.5. The molecule has 0 saturated carbocycles. The molecule has 2 heterocycles. The van der Waals surface area contributed by atoms with Crippen LogP contribution in [0.2, 0.25) is 0 Å². The van der Waals surface area contributed by atoms with Gasteiger partial charge in [-0.25, -0.2) is 14.4 Å². The third-order valence-corrected chi connectivity index (χ3v) is 6.38. The van der Waals surface area contributed by atoms with Crippen LogP contribution in [0.4, 0.5) is 15.9 Å². The second kappa shape index (κ2) is 9.99. The zero-order chi connectivity index (χ0) is 22.5. The van der Waals surface area contributed by atoms with E-state index in [1.807, 2.05) is 0 Å². The van der Waals surface area contributed by atoms with E-state index >= 15 is 0 Å². The fourth-order valence-corrected chi connectivity index (χ4v) is 4.58. The number of methoxy groups -OCH3 is 1. The summed E-state index contributed by atoms with van der Waals surface area (Å²) in [6.45, 7) is 3.40. The van der Waals surface area contributed by atoms with Crippen LogP contribution in [0.15, 0.2) is 64.8 Å². The lowest BCUT2D eigenvalue weighted by Crippen LogP contribution is -2.41. The van der Waals surface area contributed by atoms with Crippen molar-refractivity contribution in [2.24, 2.45) is 5.92 Å². The Hall–Kier alpha value is -3.13. The van der Waals surface area contributed by atoms with Crippen molar-refractivity contribution in [3.63, 3.8) is 0 Å². The molecule has 0 bridgehead atoms. The minimum atomic E-state index is -0.507. The molecule has 1 amide bonds. The van der Waals surface area contributed by atoms with Crippen molar-refractivity contribution in [2.75, 3.05) is 30.4 Å². The van der Waals surface area contributed by atoms with Crippen molar-refractivity contribution in [1.29, 1.82) is 0 Å². The molecule has 0 spiro atoms. The number of amides is 1. The minimum absolute atomic E-state index is 0.129. The van der Waals surface area contributed by atoms with Crippen molar-refractivity contribution >= 4 is 29.2 Å². The summed E-state index contributed by atoms with van der Waals surface area (Å²) in [6.07, 6.45) is 4.99. The Morgan fingerprint density at radius 2 is 1.97 bits per heavy atom. The molecule has 3 aromatic rings. The number of carbonyl (C=O) groups excluding carboxylic acids is 1. The molecule has 166 valence electrons. The number of aromatic nitrogens is 2. The van der Waals surface area contributed by atoms with Gasteiger partial charge in [-0.3, -0.25) is 4.79 Å². The molecule has 0 unspecified atom stereocenters. The van der Waals surface area contributed by atoms with Crippen molar-refractivity contribution in [3.05, 3.63) is 66.2 Å². The number of aryl methyl sites for hydroxylation is 1. The molecular weight excluding hydrogens is 427 g/mol. The van der Waals surface area contributed by atoms with Crippen LogP contribution < -0.4 is 15.0 Å². The molecular formula is C24H25FN4O2S. The summed E-state index contributed by atoms with van der Waals surface area (Å²) in [6, 6.07) is 12.7. The van der Waals surface area contributed by atoms with Crippen molar-refractivity contribution in [1.82, 2.24) is 9.97 Å². The number of carbonyl (C=O) groups is 1. The van der Waals surface area contributed by atoms with E-state index in [2.05, 4.69) is 51.4 Å². The first kappa shape index (κ1) is 22.1. The van der Waals surface area contributed by atoms with Gasteiger partial charge in [0.05, 0.1) is 13.0 Å². The molecule has 1 aliphatic heterocycles. The van der Waals surface area contributed by atoms with Gasteiger partial charge in [0.1, 0.15) is 5.03 Å². The Bertz CT molecular complexity index is 1090. The number of halogens is 1. The minimum Gasteiger partial charge on any atom is -0.494 e. The topological polar surface area (TPSA) is 67.3 Å². The Labute approximate surface area is 191 Å². The smallest absolute Gasteiger partial charge is 0.229 e. The third-order valence-electron chi connectivity index (χ3n) is 5.39. The number of nitrogens with one attached hydrogen (secondary N) is 1. The Balaban J connectivity index is 1.46. The molecule has 1 N–H and O–H groups in total. The number of nitrogens with zero attached hydrogens (tertiary/aromatic N) is 3. The van der Waals surface area contributed by atoms with Gasteiger partial charge in [-0.2, -0.15) is 0 Å². The lowest BCUT2D eigenvalue weighted by molar-refractivity contribution is -0.120. The zero-order valence-electron chi connectivity index (χ0n) is 18.0. The number of piperidine rings is 1. The van der Waals surface area contributed by atoms with E-state index in [-0.39, 0.29) is 17.6 Å². The highest BCUT2D eigenvalue weighted by Crippen LogP contribution is 2.34. The fraction of sp³-hybridized carbons (Fsp3) is 0.292. The average Bonchev–Trinajstić information content (AvgIpc) is 2.81. The molecule has 32 heavy (non-hydrogen) atoms. The summed E-state index contributed by atoms with van der Waals surface area (Å²) in [4.78, 5) is 25.2. The van der Waals surface area contributed by atoms with E-state index in [0.29, 0.717) is 12.2 Å². The molecule has 4 rings (SSSR count). The maximum atomic E-state index is 14.0. The normalized spacial score (nSPS) is 16.0. The summed E-state index contributed by atoms with van der Waals surface area (Å²) in [7, 11) is 1.41. The second-order valence-electron chi connectivity index (χ2n) is 7.72. The van der Waals surface area contributed by atoms with Crippen LogP contribution in [0.25, 0.3) is 0 Å². The molecule has 6 nitrogen and oxygen atoms in total. The summed E-state index contributed by atoms with van der Waals surface area (Å²) in [5, 5.41) is 3.65. The van der Waals surface area contributed by atoms with Crippen molar-refractivity contribution in [3.8, 4) is 5.75 Å². The van der Waals surface area contributed by atoms with Crippen LogP contribution >= 0.6 is 11.8 Å². The van der Waals surface area contributed by atoms with Gasteiger partial charge in [0.25, 0.3) is 0 Å². The van der Waals surface area contributed by atoms with E-state index in [9.17, 15) is 9.18 Å². The molecule has 8 heteroatoms. The molecule has 1 atom stereocenters. The van der Waals surface area contributed by atoms with E-state index in [0.717, 1.165) is 35.1 Å². The number of hydrogen-bond acceptors (Lipinski definition) is 6. The summed E-state index contributed by atoms with van der Waals surface area (Å²) >= 11 is 1.56. The predicted molar refractivity (Wildman–Crippen MR) is 124 cm³/mol. The van der Waals surface area contributed by atoms with Gasteiger partial charge < -0.3 is 15.0 Å². The molecule has 1 aromatic heterocycles. The second-order valence-corrected chi connectivity index (χ2v) is 8.79. The van der Waals surface area contributed by atoms with Gasteiger partial charge in [-0.05, 0) is 44.0 Å². The van der Waals surface area contributed by atoms with Gasteiger partial charge in [0.15, 0.2) is 17.4 Å². The van der Waals surface area contributed by atoms with Gasteiger partial charge in [0.2, 0.25) is 5.91 Å². The summed E-state index contributed by atoms with van der Waals surface area (Å²) in [5.41, 5.74) is 1.62. The molecule has 2 aromatic carbocycles. The first-order valence-electron chi connectivity index (χ1n) is 10.5. The summed E-state index contributed by atoms with van der Waals surface area (Å²) in [5.74, 6) is 0.0658. The van der Waals surface area contributed by atoms with Crippen LogP contribution in [-0.2, 0) is 4.79 Å². The van der Waals surface area contributed by atoms with Crippen LogP contribution in [0.3, 0.4) is 0 Å². The van der Waals surface area contributed by atoms with E-state index in [1.54, 1.807) is 30.2 Å². The monoisotopic (exact) mass is 452 g/mol. The van der Waals surface area contributed by atoms with Crippen LogP contribution in [0.1, 0.15) is 18.4 Å². The molecule has 0 radical (unpaired) electrons. The summed E-state index contributed by atoms with van der Waals surface area (Å²) < 4.78 is 18.9. The maximum absolute atomic E-state index is 14.0. The molecule has 1 fully saturated rings. The number of ether oxygens (including phenoxy) is 1. The number of benzene rings is 2. The highest BCUT2D eigenvalue weighted by molar-refractivity contribution is 7.99. The SMILES string of the molecule is COc1ccc(NC(=O)[C@H]2CCCN(c3nccnc3Sc3ccc(C)cc3)C2)cc1F. The Morgan fingerprint density at radius 1 is 1.19 bits per heavy atom. The molecule has 0 aliphatic carbocycles. The van der Waals surface area contributed by atoms with Crippen molar-refractivity contribution < 1.29 is 13.9 Å². The number of anilines is 2. The van der Waals surface area contributed by atoms with Crippen LogP contribution in [0, 0.1) is 18.7 Å². The maximum Gasteiger partial charge on any atom is 0.229 e.